The van der Waals surface area contributed by atoms with E-state index in [9.17, 15) is 14.4 Å². The number of hydrogen-bond acceptors (Lipinski definition) is 5. The second-order valence-electron chi connectivity index (χ2n) is 6.26. The maximum atomic E-state index is 12.5. The van der Waals surface area contributed by atoms with Crippen molar-refractivity contribution in [2.75, 3.05) is 16.9 Å². The number of nitrogens with zero attached hydrogens (tertiary/aromatic N) is 2. The van der Waals surface area contributed by atoms with Gasteiger partial charge in [0.05, 0.1) is 17.9 Å². The molecule has 0 bridgehead atoms. The van der Waals surface area contributed by atoms with Crippen LogP contribution in [-0.2, 0) is 14.3 Å². The topological polar surface area (TPSA) is 88.1 Å². The number of hydrogen-bond donors (Lipinski definition) is 1. The van der Waals surface area contributed by atoms with E-state index in [0.717, 1.165) is 6.42 Å². The monoisotopic (exact) mass is 379 g/mol. The Balaban J connectivity index is 1.68. The maximum absolute atomic E-state index is 12.5. The molecule has 0 aromatic heterocycles. The SMILES string of the molecule is CCCOC(=O)c1ccc(NC(=O)C2=NN(c3ccccc3)C(=O)CC2)cc1. The fourth-order valence-corrected chi connectivity index (χ4v) is 2.66. The Bertz CT molecular complexity index is 892. The fraction of sp³-hybridized carbons (Fsp3) is 0.238. The van der Waals surface area contributed by atoms with Gasteiger partial charge in [0.2, 0.25) is 5.91 Å². The summed E-state index contributed by atoms with van der Waals surface area (Å²) in [6.07, 6.45) is 1.24. The van der Waals surface area contributed by atoms with Gasteiger partial charge in [-0.3, -0.25) is 9.59 Å². The van der Waals surface area contributed by atoms with Crippen molar-refractivity contribution in [3.05, 3.63) is 60.2 Å². The lowest BCUT2D eigenvalue weighted by Gasteiger charge is -2.23. The van der Waals surface area contributed by atoms with Gasteiger partial charge in [-0.15, -0.1) is 0 Å². The average molecular weight is 379 g/mol. The Kier molecular flexibility index (Phi) is 6.16. The molecule has 2 aromatic rings. The first-order chi connectivity index (χ1) is 13.6. The second kappa shape index (κ2) is 8.94. The first-order valence-electron chi connectivity index (χ1n) is 9.12. The minimum absolute atomic E-state index is 0.155. The molecule has 1 heterocycles. The quantitative estimate of drug-likeness (QED) is 0.780. The molecule has 0 unspecified atom stereocenters. The second-order valence-corrected chi connectivity index (χ2v) is 6.26. The van der Waals surface area contributed by atoms with Gasteiger partial charge >= 0.3 is 5.97 Å². The Hall–Kier alpha value is -3.48. The summed E-state index contributed by atoms with van der Waals surface area (Å²) in [5, 5.41) is 8.23. The molecule has 0 aliphatic carbocycles. The molecule has 28 heavy (non-hydrogen) atoms. The van der Waals surface area contributed by atoms with E-state index in [0.29, 0.717) is 23.5 Å². The summed E-state index contributed by atoms with van der Waals surface area (Å²) in [4.78, 5) is 36.5. The fourth-order valence-electron chi connectivity index (χ4n) is 2.66. The molecule has 1 N–H and O–H groups in total. The van der Waals surface area contributed by atoms with Gasteiger partial charge in [0.25, 0.3) is 5.91 Å². The van der Waals surface area contributed by atoms with E-state index >= 15 is 0 Å². The van der Waals surface area contributed by atoms with Crippen molar-refractivity contribution < 1.29 is 19.1 Å². The number of anilines is 2. The highest BCUT2D eigenvalue weighted by Gasteiger charge is 2.25. The van der Waals surface area contributed by atoms with E-state index in [-0.39, 0.29) is 30.4 Å². The first-order valence-corrected chi connectivity index (χ1v) is 9.12. The van der Waals surface area contributed by atoms with Crippen LogP contribution in [0.3, 0.4) is 0 Å². The van der Waals surface area contributed by atoms with Crippen LogP contribution in [0.5, 0.6) is 0 Å². The molecule has 0 fully saturated rings. The van der Waals surface area contributed by atoms with Gasteiger partial charge in [-0.25, -0.2) is 9.80 Å². The standard InChI is InChI=1S/C21H21N3O4/c1-2-14-28-21(27)15-8-10-16(11-9-15)22-20(26)18-12-13-19(25)24(23-18)17-6-4-3-5-7-17/h3-11H,2,12-14H2,1H3,(H,22,26). The maximum Gasteiger partial charge on any atom is 0.338 e. The molecule has 1 aliphatic heterocycles. The number of esters is 1. The number of benzene rings is 2. The predicted octanol–water partition coefficient (Wildman–Crippen LogP) is 3.37. The van der Waals surface area contributed by atoms with Gasteiger partial charge in [0.15, 0.2) is 0 Å². The van der Waals surface area contributed by atoms with Crippen LogP contribution in [0.25, 0.3) is 0 Å². The third-order valence-electron chi connectivity index (χ3n) is 4.11. The highest BCUT2D eigenvalue weighted by molar-refractivity contribution is 6.44. The van der Waals surface area contributed by atoms with Crippen LogP contribution in [0.4, 0.5) is 11.4 Å². The van der Waals surface area contributed by atoms with Gasteiger partial charge < -0.3 is 10.1 Å². The van der Waals surface area contributed by atoms with Gasteiger partial charge in [-0.1, -0.05) is 25.1 Å². The largest absolute Gasteiger partial charge is 0.462 e. The van der Waals surface area contributed by atoms with Crippen LogP contribution in [0.2, 0.25) is 0 Å². The number of nitrogens with one attached hydrogen (secondary N) is 1. The van der Waals surface area contributed by atoms with Crippen molar-refractivity contribution in [1.82, 2.24) is 0 Å². The highest BCUT2D eigenvalue weighted by atomic mass is 16.5. The summed E-state index contributed by atoms with van der Waals surface area (Å²) in [6.45, 7) is 2.29. The molecule has 0 radical (unpaired) electrons. The number of carbonyl (C=O) groups excluding carboxylic acids is 3. The van der Waals surface area contributed by atoms with E-state index in [4.69, 9.17) is 4.74 Å². The van der Waals surface area contributed by atoms with Gasteiger partial charge in [0, 0.05) is 18.5 Å². The Morgan fingerprint density at radius 1 is 1.07 bits per heavy atom. The van der Waals surface area contributed by atoms with E-state index in [1.165, 1.54) is 5.01 Å². The lowest BCUT2D eigenvalue weighted by atomic mass is 10.1. The molecule has 0 atom stereocenters. The predicted molar refractivity (Wildman–Crippen MR) is 106 cm³/mol. The first kappa shape index (κ1) is 19.3. The van der Waals surface area contributed by atoms with Gasteiger partial charge in [-0.05, 0) is 42.8 Å². The van der Waals surface area contributed by atoms with E-state index in [2.05, 4.69) is 10.4 Å². The molecule has 0 saturated heterocycles. The number of carbonyl (C=O) groups is 3. The minimum Gasteiger partial charge on any atom is -0.462 e. The molecule has 3 rings (SSSR count). The minimum atomic E-state index is -0.395. The number of ether oxygens (including phenoxy) is 1. The smallest absolute Gasteiger partial charge is 0.338 e. The Morgan fingerprint density at radius 2 is 1.79 bits per heavy atom. The van der Waals surface area contributed by atoms with Crippen molar-refractivity contribution in [2.24, 2.45) is 5.10 Å². The van der Waals surface area contributed by atoms with E-state index in [1.807, 2.05) is 13.0 Å². The molecule has 2 amide bonds. The van der Waals surface area contributed by atoms with Crippen molar-refractivity contribution in [3.8, 4) is 0 Å². The molecular weight excluding hydrogens is 358 g/mol. The number of para-hydroxylation sites is 1. The molecule has 0 saturated carbocycles. The molecule has 2 aromatic carbocycles. The van der Waals surface area contributed by atoms with Crippen molar-refractivity contribution in [1.29, 1.82) is 0 Å². The Morgan fingerprint density at radius 3 is 2.46 bits per heavy atom. The van der Waals surface area contributed by atoms with Crippen LogP contribution < -0.4 is 10.3 Å². The average Bonchev–Trinajstić information content (AvgIpc) is 2.73. The number of hydrazone groups is 1. The molecule has 0 spiro atoms. The normalized spacial score (nSPS) is 13.7. The lowest BCUT2D eigenvalue weighted by Crippen LogP contribution is -2.36. The number of rotatable bonds is 6. The third-order valence-corrected chi connectivity index (χ3v) is 4.11. The molecule has 144 valence electrons. The van der Waals surface area contributed by atoms with Crippen LogP contribution in [0, 0.1) is 0 Å². The van der Waals surface area contributed by atoms with Crippen molar-refractivity contribution >= 4 is 34.9 Å². The van der Waals surface area contributed by atoms with Crippen LogP contribution in [0.15, 0.2) is 59.7 Å². The highest BCUT2D eigenvalue weighted by Crippen LogP contribution is 2.20. The van der Waals surface area contributed by atoms with Crippen molar-refractivity contribution in [2.45, 2.75) is 26.2 Å². The summed E-state index contributed by atoms with van der Waals surface area (Å²) < 4.78 is 5.07. The lowest BCUT2D eigenvalue weighted by molar-refractivity contribution is -0.118. The summed E-state index contributed by atoms with van der Waals surface area (Å²) in [5.41, 5.74) is 1.84. The van der Waals surface area contributed by atoms with E-state index < -0.39 is 5.97 Å². The van der Waals surface area contributed by atoms with Crippen LogP contribution in [-0.4, -0.2) is 30.1 Å². The van der Waals surface area contributed by atoms with Gasteiger partial charge in [0.1, 0.15) is 5.71 Å². The summed E-state index contributed by atoms with van der Waals surface area (Å²) in [6, 6.07) is 15.4. The summed E-state index contributed by atoms with van der Waals surface area (Å²) in [7, 11) is 0. The summed E-state index contributed by atoms with van der Waals surface area (Å²) in [5.74, 6) is -0.930. The molecule has 7 heteroatoms. The molecule has 7 nitrogen and oxygen atoms in total. The molecular formula is C21H21N3O4. The number of amides is 2. The Labute approximate surface area is 163 Å². The molecule has 1 aliphatic rings. The van der Waals surface area contributed by atoms with Gasteiger partial charge in [-0.2, -0.15) is 5.10 Å². The summed E-state index contributed by atoms with van der Waals surface area (Å²) >= 11 is 0. The zero-order valence-electron chi connectivity index (χ0n) is 15.6. The van der Waals surface area contributed by atoms with Crippen LogP contribution >= 0.6 is 0 Å². The zero-order chi connectivity index (χ0) is 19.9. The zero-order valence-corrected chi connectivity index (χ0v) is 15.6. The van der Waals surface area contributed by atoms with Crippen molar-refractivity contribution in [3.63, 3.8) is 0 Å². The van der Waals surface area contributed by atoms with E-state index in [1.54, 1.807) is 48.5 Å². The third kappa shape index (κ3) is 4.62. The van der Waals surface area contributed by atoms with Crippen LogP contribution in [0.1, 0.15) is 36.5 Å².